The van der Waals surface area contributed by atoms with E-state index in [1.807, 2.05) is 26.0 Å². The minimum absolute atomic E-state index is 0.177. The molecule has 25 heavy (non-hydrogen) atoms. The van der Waals surface area contributed by atoms with Gasteiger partial charge in [0.05, 0.1) is 0 Å². The summed E-state index contributed by atoms with van der Waals surface area (Å²) in [4.78, 5) is 4.61. The predicted octanol–water partition coefficient (Wildman–Crippen LogP) is 4.98. The van der Waals surface area contributed by atoms with E-state index in [2.05, 4.69) is 55.1 Å². The predicted molar refractivity (Wildman–Crippen MR) is 106 cm³/mol. The normalized spacial score (nSPS) is 10.7. The highest BCUT2D eigenvalue weighted by Crippen LogP contribution is 2.13. The van der Waals surface area contributed by atoms with Gasteiger partial charge < -0.3 is 4.90 Å². The summed E-state index contributed by atoms with van der Waals surface area (Å²) < 4.78 is 13.1. The molecule has 0 aromatic heterocycles. The highest BCUT2D eigenvalue weighted by molar-refractivity contribution is 5.23. The van der Waals surface area contributed by atoms with Crippen LogP contribution in [-0.2, 0) is 19.5 Å². The number of halogens is 1. The highest BCUT2D eigenvalue weighted by atomic mass is 19.1. The SMILES string of the molecule is CC.CCc1cccc(CN(CCN(C)C)Cc2ccc(F)cc2)c1. The summed E-state index contributed by atoms with van der Waals surface area (Å²) in [6.07, 6.45) is 1.06. The third-order valence-electron chi connectivity index (χ3n) is 3.99. The van der Waals surface area contributed by atoms with Gasteiger partial charge in [-0.25, -0.2) is 4.39 Å². The van der Waals surface area contributed by atoms with Crippen LogP contribution < -0.4 is 0 Å². The van der Waals surface area contributed by atoms with Crippen molar-refractivity contribution in [3.63, 3.8) is 0 Å². The Kier molecular flexibility index (Phi) is 10.0. The minimum atomic E-state index is -0.177. The van der Waals surface area contributed by atoms with E-state index in [0.29, 0.717) is 0 Å². The standard InChI is InChI=1S/C20H27FN2.C2H6/c1-4-17-6-5-7-19(14-17)16-23(13-12-22(2)3)15-18-8-10-20(21)11-9-18;1-2/h5-11,14H,4,12-13,15-16H2,1-3H3;1-2H3. The average Bonchev–Trinajstić information content (AvgIpc) is 2.63. The van der Waals surface area contributed by atoms with E-state index < -0.39 is 0 Å². The molecule has 0 unspecified atom stereocenters. The third-order valence-corrected chi connectivity index (χ3v) is 3.99. The summed E-state index contributed by atoms with van der Waals surface area (Å²) in [5.41, 5.74) is 3.86. The fourth-order valence-electron chi connectivity index (χ4n) is 2.61. The summed E-state index contributed by atoms with van der Waals surface area (Å²) in [7, 11) is 4.18. The average molecular weight is 345 g/mol. The third kappa shape index (κ3) is 8.28. The van der Waals surface area contributed by atoms with E-state index in [9.17, 15) is 4.39 Å². The fourth-order valence-corrected chi connectivity index (χ4v) is 2.61. The molecule has 3 heteroatoms. The first kappa shape index (κ1) is 21.3. The van der Waals surface area contributed by atoms with Crippen molar-refractivity contribution in [2.24, 2.45) is 0 Å². The molecule has 0 N–H and O–H groups in total. The summed E-state index contributed by atoms with van der Waals surface area (Å²) in [5.74, 6) is -0.177. The van der Waals surface area contributed by atoms with Gasteiger partial charge in [-0.05, 0) is 49.3 Å². The van der Waals surface area contributed by atoms with Gasteiger partial charge in [-0.1, -0.05) is 57.2 Å². The van der Waals surface area contributed by atoms with E-state index in [1.54, 1.807) is 0 Å². The first-order valence-corrected chi connectivity index (χ1v) is 9.26. The van der Waals surface area contributed by atoms with E-state index in [0.717, 1.165) is 38.2 Å². The second kappa shape index (κ2) is 11.8. The van der Waals surface area contributed by atoms with Crippen molar-refractivity contribution in [1.29, 1.82) is 0 Å². The van der Waals surface area contributed by atoms with Crippen molar-refractivity contribution >= 4 is 0 Å². The molecule has 0 bridgehead atoms. The monoisotopic (exact) mass is 344 g/mol. The molecular formula is C22H33FN2. The summed E-state index contributed by atoms with van der Waals surface area (Å²) in [5, 5.41) is 0. The molecule has 2 nitrogen and oxygen atoms in total. The summed E-state index contributed by atoms with van der Waals surface area (Å²) in [6, 6.07) is 15.6. The smallest absolute Gasteiger partial charge is 0.123 e. The van der Waals surface area contributed by atoms with Crippen molar-refractivity contribution in [2.75, 3.05) is 27.2 Å². The van der Waals surface area contributed by atoms with Crippen molar-refractivity contribution in [2.45, 2.75) is 40.3 Å². The topological polar surface area (TPSA) is 6.48 Å². The van der Waals surface area contributed by atoms with Crippen LogP contribution in [0.4, 0.5) is 4.39 Å². The lowest BCUT2D eigenvalue weighted by atomic mass is 10.1. The number of nitrogens with zero attached hydrogens (tertiary/aromatic N) is 2. The molecule has 138 valence electrons. The molecule has 0 aliphatic rings. The van der Waals surface area contributed by atoms with Gasteiger partial charge in [0.2, 0.25) is 0 Å². The van der Waals surface area contributed by atoms with Gasteiger partial charge in [0.25, 0.3) is 0 Å². The van der Waals surface area contributed by atoms with Crippen LogP contribution in [-0.4, -0.2) is 37.0 Å². The Morgan fingerprint density at radius 1 is 0.800 bits per heavy atom. The van der Waals surface area contributed by atoms with Crippen LogP contribution >= 0.6 is 0 Å². The molecule has 0 heterocycles. The van der Waals surface area contributed by atoms with Crippen LogP contribution in [0.1, 0.15) is 37.5 Å². The molecule has 0 aliphatic carbocycles. The molecular weight excluding hydrogens is 311 g/mol. The van der Waals surface area contributed by atoms with Crippen LogP contribution in [0.5, 0.6) is 0 Å². The van der Waals surface area contributed by atoms with Crippen LogP contribution in [0, 0.1) is 5.82 Å². The van der Waals surface area contributed by atoms with E-state index >= 15 is 0 Å². The van der Waals surface area contributed by atoms with Crippen LogP contribution in [0.15, 0.2) is 48.5 Å². The zero-order valence-corrected chi connectivity index (χ0v) is 16.4. The van der Waals surface area contributed by atoms with Gasteiger partial charge in [-0.3, -0.25) is 4.90 Å². The van der Waals surface area contributed by atoms with Crippen molar-refractivity contribution in [3.05, 3.63) is 71.0 Å². The Labute approximate surface area is 153 Å². The van der Waals surface area contributed by atoms with Crippen molar-refractivity contribution in [1.82, 2.24) is 9.80 Å². The second-order valence-corrected chi connectivity index (χ2v) is 6.31. The van der Waals surface area contributed by atoms with E-state index in [1.165, 1.54) is 23.3 Å². The summed E-state index contributed by atoms with van der Waals surface area (Å²) >= 11 is 0. The minimum Gasteiger partial charge on any atom is -0.308 e. The molecule has 0 radical (unpaired) electrons. The largest absolute Gasteiger partial charge is 0.308 e. The Bertz CT molecular complexity index is 593. The van der Waals surface area contributed by atoms with Gasteiger partial charge in [0, 0.05) is 26.2 Å². The number of likely N-dealkylation sites (N-methyl/N-ethyl adjacent to an activating group) is 1. The first-order chi connectivity index (χ1) is 12.1. The molecule has 0 fully saturated rings. The van der Waals surface area contributed by atoms with Crippen LogP contribution in [0.3, 0.4) is 0 Å². The Balaban J connectivity index is 0.00000151. The maximum absolute atomic E-state index is 13.1. The van der Waals surface area contributed by atoms with Gasteiger partial charge in [-0.2, -0.15) is 0 Å². The zero-order chi connectivity index (χ0) is 18.7. The maximum Gasteiger partial charge on any atom is 0.123 e. The van der Waals surface area contributed by atoms with Crippen molar-refractivity contribution in [3.8, 4) is 0 Å². The lowest BCUT2D eigenvalue weighted by Gasteiger charge is -2.24. The zero-order valence-electron chi connectivity index (χ0n) is 16.4. The quantitative estimate of drug-likeness (QED) is 0.666. The summed E-state index contributed by atoms with van der Waals surface area (Å²) in [6.45, 7) is 9.93. The maximum atomic E-state index is 13.1. The van der Waals surface area contributed by atoms with Crippen LogP contribution in [0.25, 0.3) is 0 Å². The molecule has 0 saturated heterocycles. The van der Waals surface area contributed by atoms with Gasteiger partial charge in [0.1, 0.15) is 5.82 Å². The lowest BCUT2D eigenvalue weighted by molar-refractivity contribution is 0.226. The molecule has 2 aromatic carbocycles. The van der Waals surface area contributed by atoms with Gasteiger partial charge in [-0.15, -0.1) is 0 Å². The number of rotatable bonds is 8. The number of hydrogen-bond donors (Lipinski definition) is 0. The number of hydrogen-bond acceptors (Lipinski definition) is 2. The molecule has 0 spiro atoms. The molecule has 2 aromatic rings. The number of benzene rings is 2. The highest BCUT2D eigenvalue weighted by Gasteiger charge is 2.08. The first-order valence-electron chi connectivity index (χ1n) is 9.26. The Morgan fingerprint density at radius 3 is 2.00 bits per heavy atom. The molecule has 2 rings (SSSR count). The van der Waals surface area contributed by atoms with Gasteiger partial charge in [0.15, 0.2) is 0 Å². The number of aryl methyl sites for hydroxylation is 1. The molecule has 0 amide bonds. The van der Waals surface area contributed by atoms with Crippen molar-refractivity contribution < 1.29 is 4.39 Å². The second-order valence-electron chi connectivity index (χ2n) is 6.31. The van der Waals surface area contributed by atoms with E-state index in [4.69, 9.17) is 0 Å². The fraction of sp³-hybridized carbons (Fsp3) is 0.455. The molecule has 0 atom stereocenters. The van der Waals surface area contributed by atoms with Gasteiger partial charge >= 0.3 is 0 Å². The molecule has 0 aliphatic heterocycles. The lowest BCUT2D eigenvalue weighted by Crippen LogP contribution is -2.31. The van der Waals surface area contributed by atoms with E-state index in [-0.39, 0.29) is 5.82 Å². The van der Waals surface area contributed by atoms with Crippen LogP contribution in [0.2, 0.25) is 0 Å². The Hall–Kier alpha value is -1.71. The Morgan fingerprint density at radius 2 is 1.40 bits per heavy atom. The molecule has 0 saturated carbocycles.